The van der Waals surface area contributed by atoms with E-state index in [2.05, 4.69) is 0 Å². The Hall–Kier alpha value is -4.00. The average molecular weight is 447 g/mol. The molecule has 7 heteroatoms. The molecule has 33 heavy (non-hydrogen) atoms. The van der Waals surface area contributed by atoms with Gasteiger partial charge in [-0.05, 0) is 55.3 Å². The number of carbonyl (C=O) groups is 4. The molecule has 0 unspecified atom stereocenters. The van der Waals surface area contributed by atoms with Crippen LogP contribution in [0.1, 0.15) is 60.3 Å². The molecule has 0 N–H and O–H groups in total. The minimum Gasteiger partial charge on any atom is -0.490 e. The number of hydrogen-bond donors (Lipinski definition) is 0. The van der Waals surface area contributed by atoms with Crippen LogP contribution in [0.5, 0.6) is 5.75 Å². The van der Waals surface area contributed by atoms with E-state index in [1.165, 1.54) is 17.0 Å². The third kappa shape index (κ3) is 4.92. The normalized spacial score (nSPS) is 13.5. The molecule has 7 nitrogen and oxygen atoms in total. The fraction of sp³-hybridized carbons (Fsp3) is 0.231. The van der Waals surface area contributed by atoms with Crippen LogP contribution in [0.15, 0.2) is 60.3 Å². The maximum Gasteiger partial charge on any atom is 0.266 e. The molecule has 3 amide bonds. The van der Waals surface area contributed by atoms with Crippen molar-refractivity contribution < 1.29 is 23.9 Å². The highest BCUT2D eigenvalue weighted by molar-refractivity contribution is 6.24. The highest BCUT2D eigenvalue weighted by Crippen LogP contribution is 2.30. The van der Waals surface area contributed by atoms with Gasteiger partial charge in [-0.15, -0.1) is 0 Å². The Morgan fingerprint density at radius 3 is 2.39 bits per heavy atom. The first-order valence-corrected chi connectivity index (χ1v) is 10.6. The Labute approximate surface area is 192 Å². The second kappa shape index (κ2) is 10.1. The third-order valence-corrected chi connectivity index (χ3v) is 5.12. The molecule has 0 spiro atoms. The van der Waals surface area contributed by atoms with Crippen molar-refractivity contribution in [3.05, 3.63) is 88.1 Å². The zero-order chi connectivity index (χ0) is 24.1. The Kier molecular flexibility index (Phi) is 7.23. The lowest BCUT2D eigenvalue weighted by Crippen LogP contribution is -2.28. The maximum atomic E-state index is 13.1. The molecule has 3 rings (SSSR count). The summed E-state index contributed by atoms with van der Waals surface area (Å²) in [6, 6.07) is 10.3. The Bertz CT molecular complexity index is 1180. The lowest BCUT2D eigenvalue weighted by Gasteiger charge is -2.15. The number of allylic oxidation sites excluding steroid dienone is 2. The maximum absolute atomic E-state index is 13.1. The summed E-state index contributed by atoms with van der Waals surface area (Å²) in [6.07, 6.45) is 6.26. The highest BCUT2D eigenvalue weighted by atomic mass is 16.5. The van der Waals surface area contributed by atoms with Crippen molar-refractivity contribution in [1.29, 1.82) is 0 Å². The number of aldehydes is 1. The van der Waals surface area contributed by atoms with Gasteiger partial charge in [0.1, 0.15) is 12.4 Å². The summed E-state index contributed by atoms with van der Waals surface area (Å²) >= 11 is 0. The van der Waals surface area contributed by atoms with Gasteiger partial charge in [0.05, 0.1) is 16.7 Å². The smallest absolute Gasteiger partial charge is 0.266 e. The molecule has 2 aromatic rings. The van der Waals surface area contributed by atoms with Gasteiger partial charge in [-0.1, -0.05) is 25.1 Å². The quantitative estimate of drug-likeness (QED) is 0.347. The largest absolute Gasteiger partial charge is 0.490 e. The van der Waals surface area contributed by atoms with Crippen LogP contribution >= 0.6 is 0 Å². The fourth-order valence-corrected chi connectivity index (χ4v) is 3.52. The highest BCUT2D eigenvalue weighted by Gasteiger charge is 2.38. The van der Waals surface area contributed by atoms with Crippen LogP contribution in [0.2, 0.25) is 0 Å². The van der Waals surface area contributed by atoms with Crippen LogP contribution in [0.4, 0.5) is 0 Å². The number of benzene rings is 2. The zero-order valence-electron chi connectivity index (χ0n) is 19.1. The first-order chi connectivity index (χ1) is 15.8. The van der Waals surface area contributed by atoms with Crippen LogP contribution in [0.3, 0.4) is 0 Å². The van der Waals surface area contributed by atoms with Crippen molar-refractivity contribution in [2.75, 3.05) is 20.7 Å². The van der Waals surface area contributed by atoms with E-state index >= 15 is 0 Å². The monoisotopic (exact) mass is 446 g/mol. The molecule has 0 aliphatic carbocycles. The molecular weight excluding hydrogens is 420 g/mol. The number of amides is 3. The molecule has 1 heterocycles. The molecule has 0 aromatic heterocycles. The minimum atomic E-state index is -0.538. The number of rotatable bonds is 8. The van der Waals surface area contributed by atoms with Gasteiger partial charge < -0.3 is 9.64 Å². The lowest BCUT2D eigenvalue weighted by molar-refractivity contribution is 0.0708. The number of nitrogens with zero attached hydrogens (tertiary/aromatic N) is 2. The molecule has 1 aliphatic heterocycles. The van der Waals surface area contributed by atoms with Gasteiger partial charge in [0, 0.05) is 25.4 Å². The van der Waals surface area contributed by atoms with E-state index < -0.39 is 17.7 Å². The van der Waals surface area contributed by atoms with E-state index in [0.29, 0.717) is 18.4 Å². The summed E-state index contributed by atoms with van der Waals surface area (Å²) in [7, 11) is 3.10. The number of ether oxygens (including phenoxy) is 1. The molecule has 0 fully saturated rings. The van der Waals surface area contributed by atoms with Crippen molar-refractivity contribution in [2.24, 2.45) is 0 Å². The zero-order valence-corrected chi connectivity index (χ0v) is 19.1. The summed E-state index contributed by atoms with van der Waals surface area (Å²) in [5, 5.41) is 0. The SMILES string of the molecule is CC/C=C(\C=C/COc1cccc(C)c1)N1C(=O)c2cc(C=O)c(C(=O)N(C)C)cc2C1=O. The summed E-state index contributed by atoms with van der Waals surface area (Å²) in [4.78, 5) is 52.6. The number of aryl methyl sites for hydroxylation is 1. The standard InChI is InChI=1S/C26H26N2O5/c1-5-8-19(10-7-12-33-20-11-6-9-17(2)13-20)28-25(31)22-14-18(16-29)21(24(30)27(3)4)15-23(22)26(28)32/h6-11,13-16H,5,12H2,1-4H3/b10-7-,19-8+. The van der Waals surface area contributed by atoms with Crippen molar-refractivity contribution >= 4 is 24.0 Å². The molecule has 0 saturated carbocycles. The van der Waals surface area contributed by atoms with Crippen LogP contribution in [-0.2, 0) is 0 Å². The predicted octanol–water partition coefficient (Wildman–Crippen LogP) is 4.03. The average Bonchev–Trinajstić information content (AvgIpc) is 3.03. The van der Waals surface area contributed by atoms with Crippen LogP contribution < -0.4 is 4.74 Å². The fourth-order valence-electron chi connectivity index (χ4n) is 3.52. The van der Waals surface area contributed by atoms with Crippen molar-refractivity contribution in [3.63, 3.8) is 0 Å². The topological polar surface area (TPSA) is 84.0 Å². The number of imide groups is 1. The van der Waals surface area contributed by atoms with Gasteiger partial charge in [-0.2, -0.15) is 0 Å². The molecule has 0 saturated heterocycles. The summed E-state index contributed by atoms with van der Waals surface area (Å²) in [5.74, 6) is -0.771. The number of hydrogen-bond acceptors (Lipinski definition) is 5. The van der Waals surface area contributed by atoms with E-state index in [-0.39, 0.29) is 28.9 Å². The summed E-state index contributed by atoms with van der Waals surface area (Å²) in [6.45, 7) is 4.12. The second-order valence-corrected chi connectivity index (χ2v) is 7.82. The van der Waals surface area contributed by atoms with Crippen molar-refractivity contribution in [1.82, 2.24) is 9.80 Å². The van der Waals surface area contributed by atoms with E-state index in [9.17, 15) is 19.2 Å². The van der Waals surface area contributed by atoms with Crippen LogP contribution in [0.25, 0.3) is 0 Å². The molecule has 0 bridgehead atoms. The summed E-state index contributed by atoms with van der Waals surface area (Å²) in [5.41, 5.74) is 1.84. The molecule has 1 aliphatic rings. The van der Waals surface area contributed by atoms with Gasteiger partial charge in [0.25, 0.3) is 17.7 Å². The van der Waals surface area contributed by atoms with Gasteiger partial charge in [0.15, 0.2) is 6.29 Å². The Morgan fingerprint density at radius 2 is 1.79 bits per heavy atom. The van der Waals surface area contributed by atoms with Crippen LogP contribution in [-0.4, -0.2) is 54.5 Å². The molecule has 2 aromatic carbocycles. The molecule has 170 valence electrons. The van der Waals surface area contributed by atoms with Crippen molar-refractivity contribution in [3.8, 4) is 5.75 Å². The lowest BCUT2D eigenvalue weighted by atomic mass is 9.99. The molecule has 0 atom stereocenters. The summed E-state index contributed by atoms with van der Waals surface area (Å²) < 4.78 is 5.70. The first-order valence-electron chi connectivity index (χ1n) is 10.6. The Morgan fingerprint density at radius 1 is 1.09 bits per heavy atom. The second-order valence-electron chi connectivity index (χ2n) is 7.82. The van der Waals surface area contributed by atoms with Crippen LogP contribution in [0, 0.1) is 6.92 Å². The van der Waals surface area contributed by atoms with Gasteiger partial charge >= 0.3 is 0 Å². The molecular formula is C26H26N2O5. The number of carbonyl (C=O) groups excluding carboxylic acids is 4. The Balaban J connectivity index is 1.87. The van der Waals surface area contributed by atoms with E-state index in [1.54, 1.807) is 32.3 Å². The van der Waals surface area contributed by atoms with Gasteiger partial charge in [0.2, 0.25) is 0 Å². The van der Waals surface area contributed by atoms with Gasteiger partial charge in [-0.3, -0.25) is 19.2 Å². The van der Waals surface area contributed by atoms with E-state index in [0.717, 1.165) is 16.2 Å². The van der Waals surface area contributed by atoms with Crippen molar-refractivity contribution in [2.45, 2.75) is 20.3 Å². The van der Waals surface area contributed by atoms with E-state index in [1.807, 2.05) is 38.1 Å². The first kappa shape index (κ1) is 23.7. The molecule has 0 radical (unpaired) electrons. The minimum absolute atomic E-state index is 0.0681. The predicted molar refractivity (Wildman–Crippen MR) is 125 cm³/mol. The van der Waals surface area contributed by atoms with E-state index in [4.69, 9.17) is 4.74 Å². The number of fused-ring (bicyclic) bond motifs is 1. The van der Waals surface area contributed by atoms with Gasteiger partial charge in [-0.25, -0.2) is 4.90 Å². The third-order valence-electron chi connectivity index (χ3n) is 5.12.